The summed E-state index contributed by atoms with van der Waals surface area (Å²) in [6.45, 7) is 25.4. The minimum atomic E-state index is 0.464. The smallest absolute Gasteiger partial charge is 0.0946 e. The van der Waals surface area contributed by atoms with Crippen molar-refractivity contribution in [1.29, 1.82) is 0 Å². The van der Waals surface area contributed by atoms with Crippen molar-refractivity contribution in [3.05, 3.63) is 83.2 Å². The Hall–Kier alpha value is -2.22. The number of allylic oxidation sites excluding steroid dienone is 2. The van der Waals surface area contributed by atoms with Crippen molar-refractivity contribution in [2.24, 2.45) is 5.92 Å². The molecule has 1 aliphatic heterocycles. The van der Waals surface area contributed by atoms with Gasteiger partial charge in [-0.25, -0.2) is 0 Å². The van der Waals surface area contributed by atoms with E-state index < -0.39 is 0 Å². The molecule has 1 N–H and O–H groups in total. The second-order valence-electron chi connectivity index (χ2n) is 9.26. The van der Waals surface area contributed by atoms with Crippen LogP contribution in [0, 0.1) is 12.8 Å². The van der Waals surface area contributed by atoms with Gasteiger partial charge in [0.1, 0.15) is 0 Å². The molecule has 1 aromatic carbocycles. The Bertz CT molecular complexity index is 782. The molecular formula is C31H50N2. The van der Waals surface area contributed by atoms with Gasteiger partial charge in [0, 0.05) is 13.1 Å². The second-order valence-corrected chi connectivity index (χ2v) is 9.26. The lowest BCUT2D eigenvalue weighted by Crippen LogP contribution is -2.36. The zero-order chi connectivity index (χ0) is 24.8. The SMILES string of the molecule is C=C(C)C1CCCN1C(=C)NCC1=C(CCC)CC(C)C=C1.CC.CCc1ccc(C)cc1. The summed E-state index contributed by atoms with van der Waals surface area (Å²) in [5.41, 5.74) is 7.09. The maximum absolute atomic E-state index is 4.27. The largest absolute Gasteiger partial charge is 0.368 e. The van der Waals surface area contributed by atoms with E-state index in [1.807, 2.05) is 13.8 Å². The Kier molecular flexibility index (Phi) is 13.6. The Morgan fingerprint density at radius 2 is 1.79 bits per heavy atom. The van der Waals surface area contributed by atoms with Crippen LogP contribution in [0.25, 0.3) is 0 Å². The summed E-state index contributed by atoms with van der Waals surface area (Å²) in [6, 6.07) is 9.12. The summed E-state index contributed by atoms with van der Waals surface area (Å²) in [5, 5.41) is 3.56. The molecule has 2 aliphatic rings. The average Bonchev–Trinajstić information content (AvgIpc) is 3.31. The molecule has 0 amide bonds. The minimum Gasteiger partial charge on any atom is -0.368 e. The first-order valence-electron chi connectivity index (χ1n) is 13.1. The first-order valence-corrected chi connectivity index (χ1v) is 13.1. The van der Waals surface area contributed by atoms with E-state index in [9.17, 15) is 0 Å². The minimum absolute atomic E-state index is 0.464. The zero-order valence-corrected chi connectivity index (χ0v) is 22.6. The van der Waals surface area contributed by atoms with Crippen LogP contribution in [-0.4, -0.2) is 24.0 Å². The molecular weight excluding hydrogens is 400 g/mol. The Morgan fingerprint density at radius 3 is 2.36 bits per heavy atom. The summed E-state index contributed by atoms with van der Waals surface area (Å²) in [7, 11) is 0. The van der Waals surface area contributed by atoms with E-state index >= 15 is 0 Å². The van der Waals surface area contributed by atoms with Gasteiger partial charge in [-0.1, -0.05) is 107 Å². The molecule has 1 saturated heterocycles. The lowest BCUT2D eigenvalue weighted by Gasteiger charge is -2.30. The summed E-state index contributed by atoms with van der Waals surface area (Å²) in [6.07, 6.45) is 11.9. The first-order chi connectivity index (χ1) is 15.8. The van der Waals surface area contributed by atoms with Crippen LogP contribution in [0.3, 0.4) is 0 Å². The third-order valence-corrected chi connectivity index (χ3v) is 6.38. The molecule has 0 radical (unpaired) electrons. The fraction of sp³-hybridized carbons (Fsp3) is 0.548. The van der Waals surface area contributed by atoms with E-state index in [4.69, 9.17) is 0 Å². The molecule has 1 heterocycles. The van der Waals surface area contributed by atoms with Gasteiger partial charge in [0.25, 0.3) is 0 Å². The van der Waals surface area contributed by atoms with Gasteiger partial charge < -0.3 is 10.2 Å². The molecule has 184 valence electrons. The third-order valence-electron chi connectivity index (χ3n) is 6.38. The van der Waals surface area contributed by atoms with Gasteiger partial charge in [-0.2, -0.15) is 0 Å². The van der Waals surface area contributed by atoms with Crippen LogP contribution in [0.4, 0.5) is 0 Å². The molecule has 1 fully saturated rings. The van der Waals surface area contributed by atoms with E-state index in [0.29, 0.717) is 12.0 Å². The fourth-order valence-corrected chi connectivity index (χ4v) is 4.46. The van der Waals surface area contributed by atoms with Crippen LogP contribution in [-0.2, 0) is 6.42 Å². The quantitative estimate of drug-likeness (QED) is 0.400. The molecule has 1 aromatic rings. The standard InChI is InChI=1S/C20H32N2.C9H12.C2H6/c1-6-8-18-13-16(4)10-11-19(18)14-21-17(5)22-12-7-9-20(22)15(2)3;1-3-9-6-4-8(2)5-7-9;1-2/h10-11,16,20-21H,2,5-9,12-14H2,1,3-4H3;4-7H,3H2,1-2H3;1-2H3. The van der Waals surface area contributed by atoms with Crippen LogP contribution in [0.2, 0.25) is 0 Å². The molecule has 2 unspecified atom stereocenters. The van der Waals surface area contributed by atoms with Crippen molar-refractivity contribution < 1.29 is 0 Å². The topological polar surface area (TPSA) is 15.3 Å². The van der Waals surface area contributed by atoms with Crippen molar-refractivity contribution in [3.8, 4) is 0 Å². The number of hydrogen-bond donors (Lipinski definition) is 1. The van der Waals surface area contributed by atoms with Gasteiger partial charge in [-0.3, -0.25) is 0 Å². The van der Waals surface area contributed by atoms with Gasteiger partial charge in [0.2, 0.25) is 0 Å². The van der Waals surface area contributed by atoms with Crippen LogP contribution in [0.1, 0.15) is 84.8 Å². The number of benzene rings is 1. The fourth-order valence-electron chi connectivity index (χ4n) is 4.46. The summed E-state index contributed by atoms with van der Waals surface area (Å²) in [5.74, 6) is 1.74. The summed E-state index contributed by atoms with van der Waals surface area (Å²) in [4.78, 5) is 2.39. The molecule has 3 rings (SSSR count). The molecule has 33 heavy (non-hydrogen) atoms. The second kappa shape index (κ2) is 15.6. The highest BCUT2D eigenvalue weighted by Gasteiger charge is 2.26. The number of hydrogen-bond acceptors (Lipinski definition) is 2. The number of nitrogens with one attached hydrogen (secondary N) is 1. The van der Waals surface area contributed by atoms with Crippen LogP contribution >= 0.6 is 0 Å². The molecule has 2 atom stereocenters. The highest BCUT2D eigenvalue weighted by Crippen LogP contribution is 2.28. The molecule has 2 nitrogen and oxygen atoms in total. The predicted molar refractivity (Wildman–Crippen MR) is 148 cm³/mol. The number of rotatable bonds is 8. The zero-order valence-electron chi connectivity index (χ0n) is 22.6. The Labute approximate surface area is 205 Å². The first kappa shape index (κ1) is 28.8. The van der Waals surface area contributed by atoms with E-state index in [0.717, 1.165) is 25.3 Å². The Morgan fingerprint density at radius 1 is 1.12 bits per heavy atom. The van der Waals surface area contributed by atoms with Crippen molar-refractivity contribution in [2.45, 2.75) is 93.0 Å². The van der Waals surface area contributed by atoms with Gasteiger partial charge in [-0.05, 0) is 63.0 Å². The van der Waals surface area contributed by atoms with E-state index in [1.165, 1.54) is 54.4 Å². The molecule has 2 heteroatoms. The summed E-state index contributed by atoms with van der Waals surface area (Å²) >= 11 is 0. The Balaban J connectivity index is 0.000000412. The molecule has 0 spiro atoms. The van der Waals surface area contributed by atoms with Crippen molar-refractivity contribution in [1.82, 2.24) is 10.2 Å². The normalized spacial score (nSPS) is 19.3. The third kappa shape index (κ3) is 9.66. The number of nitrogens with zero attached hydrogens (tertiary/aromatic N) is 1. The van der Waals surface area contributed by atoms with Crippen molar-refractivity contribution in [3.63, 3.8) is 0 Å². The van der Waals surface area contributed by atoms with E-state index in [1.54, 1.807) is 5.57 Å². The lowest BCUT2D eigenvalue weighted by molar-refractivity contribution is 0.332. The lowest BCUT2D eigenvalue weighted by atomic mass is 9.88. The molecule has 0 aromatic heterocycles. The summed E-state index contributed by atoms with van der Waals surface area (Å²) < 4.78 is 0. The van der Waals surface area contributed by atoms with Crippen molar-refractivity contribution in [2.75, 3.05) is 13.1 Å². The highest BCUT2D eigenvalue weighted by molar-refractivity contribution is 5.32. The number of likely N-dealkylation sites (tertiary alicyclic amines) is 1. The maximum Gasteiger partial charge on any atom is 0.0946 e. The maximum atomic E-state index is 4.27. The van der Waals surface area contributed by atoms with Crippen LogP contribution in [0.5, 0.6) is 0 Å². The predicted octanol–water partition coefficient (Wildman–Crippen LogP) is 8.36. The van der Waals surface area contributed by atoms with E-state index in [2.05, 4.69) is 94.4 Å². The monoisotopic (exact) mass is 450 g/mol. The molecule has 0 saturated carbocycles. The number of aryl methyl sites for hydroxylation is 2. The van der Waals surface area contributed by atoms with Gasteiger partial charge in [0.15, 0.2) is 0 Å². The van der Waals surface area contributed by atoms with Crippen molar-refractivity contribution >= 4 is 0 Å². The average molecular weight is 451 g/mol. The van der Waals surface area contributed by atoms with Gasteiger partial charge in [-0.15, -0.1) is 0 Å². The van der Waals surface area contributed by atoms with Gasteiger partial charge >= 0.3 is 0 Å². The van der Waals surface area contributed by atoms with E-state index in [-0.39, 0.29) is 0 Å². The highest BCUT2D eigenvalue weighted by atomic mass is 15.3. The van der Waals surface area contributed by atoms with Crippen LogP contribution in [0.15, 0.2) is 72.1 Å². The molecule has 1 aliphatic carbocycles. The van der Waals surface area contributed by atoms with Gasteiger partial charge in [0.05, 0.1) is 11.9 Å². The van der Waals surface area contributed by atoms with Crippen LogP contribution < -0.4 is 5.32 Å². The molecule has 0 bridgehead atoms.